The van der Waals surface area contributed by atoms with Gasteiger partial charge in [-0.3, -0.25) is 4.57 Å². The van der Waals surface area contributed by atoms with Gasteiger partial charge in [0.05, 0.1) is 23.8 Å². The van der Waals surface area contributed by atoms with Gasteiger partial charge in [0.25, 0.3) is 0 Å². The lowest BCUT2D eigenvalue weighted by Gasteiger charge is -2.11. The summed E-state index contributed by atoms with van der Waals surface area (Å²) in [5.41, 5.74) is 8.52. The summed E-state index contributed by atoms with van der Waals surface area (Å²) in [7, 11) is 0. The highest BCUT2D eigenvalue weighted by molar-refractivity contribution is 6.09. The van der Waals surface area contributed by atoms with Crippen molar-refractivity contribution in [1.29, 1.82) is 0 Å². The maximum atomic E-state index is 8.16. The zero-order chi connectivity index (χ0) is 28.1. The predicted octanol–water partition coefficient (Wildman–Crippen LogP) is 8.75. The average molecular weight is 522 g/mol. The van der Waals surface area contributed by atoms with E-state index in [-0.39, 0.29) is 0 Å². The summed E-state index contributed by atoms with van der Waals surface area (Å²) in [4.78, 5) is 4.60. The highest BCUT2D eigenvalue weighted by atomic mass is 16.5. The molecular weight excluding hydrogens is 492 g/mol. The van der Waals surface area contributed by atoms with Crippen LogP contribution < -0.4 is 4.74 Å². The van der Waals surface area contributed by atoms with Crippen molar-refractivity contribution in [2.45, 2.75) is 20.8 Å². The summed E-state index contributed by atoms with van der Waals surface area (Å²) >= 11 is 0. The van der Waals surface area contributed by atoms with E-state index in [1.807, 2.05) is 54.1 Å². The molecule has 0 N–H and O–H groups in total. The molecule has 0 amide bonds. The molecule has 7 rings (SSSR count). The number of ether oxygens (including phenoxy) is 1. The second-order valence-electron chi connectivity index (χ2n) is 10.1. The molecule has 0 unspecified atom stereocenters. The Balaban J connectivity index is 1.30. The lowest BCUT2D eigenvalue weighted by molar-refractivity contribution is 0.483. The second kappa shape index (κ2) is 9.54. The number of hydrogen-bond donors (Lipinski definition) is 0. The third-order valence-electron chi connectivity index (χ3n) is 7.36. The first-order valence-electron chi connectivity index (χ1n) is 13.8. The maximum Gasteiger partial charge on any atom is 0.137 e. The Hall–Kier alpha value is -5.16. The summed E-state index contributed by atoms with van der Waals surface area (Å²) < 4.78 is 18.7. The van der Waals surface area contributed by atoms with Gasteiger partial charge in [-0.15, -0.1) is 0 Å². The zero-order valence-corrected chi connectivity index (χ0v) is 22.6. The van der Waals surface area contributed by atoms with E-state index in [4.69, 9.17) is 11.2 Å². The number of aromatic nitrogens is 4. The molecule has 4 aromatic carbocycles. The molecule has 0 saturated heterocycles. The van der Waals surface area contributed by atoms with Crippen LogP contribution in [0.25, 0.3) is 44.4 Å². The maximum absolute atomic E-state index is 8.16. The molecule has 5 nitrogen and oxygen atoms in total. The molecule has 0 spiro atoms. The third kappa shape index (κ3) is 4.03. The largest absolute Gasteiger partial charge is 0.457 e. The molecule has 0 atom stereocenters. The molecule has 0 aliphatic carbocycles. The number of nitrogens with zero attached hydrogens (tertiary/aromatic N) is 4. The molecule has 0 bridgehead atoms. The lowest BCUT2D eigenvalue weighted by Crippen LogP contribution is -1.99. The predicted molar refractivity (Wildman–Crippen MR) is 162 cm³/mol. The van der Waals surface area contributed by atoms with Crippen molar-refractivity contribution in [2.24, 2.45) is 0 Å². The topological polar surface area (TPSA) is 44.9 Å². The van der Waals surface area contributed by atoms with Crippen LogP contribution in [0.5, 0.6) is 11.5 Å². The van der Waals surface area contributed by atoms with Gasteiger partial charge in [-0.2, -0.15) is 5.10 Å². The van der Waals surface area contributed by atoms with Crippen molar-refractivity contribution < 1.29 is 6.11 Å². The number of rotatable bonds is 5. The van der Waals surface area contributed by atoms with E-state index < -0.39 is 0 Å². The Morgan fingerprint density at radius 3 is 2.42 bits per heavy atom. The molecule has 0 fully saturated rings. The van der Waals surface area contributed by atoms with Crippen LogP contribution in [0.3, 0.4) is 0 Å². The van der Waals surface area contributed by atoms with Gasteiger partial charge in [0.1, 0.15) is 17.3 Å². The number of aryl methyl sites for hydroxylation is 2. The smallest absolute Gasteiger partial charge is 0.137 e. The summed E-state index contributed by atoms with van der Waals surface area (Å²) in [5.74, 6) is 2.15. The van der Waals surface area contributed by atoms with Crippen molar-refractivity contribution >= 4 is 21.8 Å². The molecule has 7 aromatic rings. The van der Waals surface area contributed by atoms with Gasteiger partial charge in [0.2, 0.25) is 0 Å². The molecule has 5 heteroatoms. The number of fused-ring (bicyclic) bond motifs is 3. The Labute approximate surface area is 234 Å². The van der Waals surface area contributed by atoms with Gasteiger partial charge in [-0.25, -0.2) is 9.67 Å². The van der Waals surface area contributed by atoms with Gasteiger partial charge in [0, 0.05) is 40.4 Å². The summed E-state index contributed by atoms with van der Waals surface area (Å²) in [5, 5.41) is 7.12. The first-order chi connectivity index (χ1) is 20.0. The fourth-order valence-electron chi connectivity index (χ4n) is 5.60. The van der Waals surface area contributed by atoms with Crippen LogP contribution in [0, 0.1) is 20.8 Å². The molecule has 40 heavy (non-hydrogen) atoms. The Bertz CT molecular complexity index is 2070. The first kappa shape index (κ1) is 22.8. The van der Waals surface area contributed by atoms with Crippen LogP contribution in [0.1, 0.15) is 18.3 Å². The number of hydrogen-bond acceptors (Lipinski definition) is 3. The van der Waals surface area contributed by atoms with Gasteiger partial charge in [-0.1, -0.05) is 54.1 Å². The Kier molecular flexibility index (Phi) is 5.44. The fourth-order valence-corrected chi connectivity index (χ4v) is 5.60. The van der Waals surface area contributed by atoms with E-state index in [2.05, 4.69) is 71.9 Å². The first-order valence-corrected chi connectivity index (χ1v) is 13.3. The van der Waals surface area contributed by atoms with Crippen molar-refractivity contribution in [3.63, 3.8) is 0 Å². The Morgan fingerprint density at radius 1 is 0.725 bits per heavy atom. The minimum atomic E-state index is 0.418. The lowest BCUT2D eigenvalue weighted by atomic mass is 10.0. The van der Waals surface area contributed by atoms with Crippen LogP contribution in [0.15, 0.2) is 115 Å². The normalized spacial score (nSPS) is 11.7. The van der Waals surface area contributed by atoms with E-state index in [1.165, 1.54) is 5.56 Å². The number of pyridine rings is 1. The monoisotopic (exact) mass is 521 g/mol. The van der Waals surface area contributed by atoms with Crippen LogP contribution in [0.2, 0.25) is 0 Å². The summed E-state index contributed by atoms with van der Waals surface area (Å²) in [6, 6.07) is 34.8. The van der Waals surface area contributed by atoms with Crippen LogP contribution in [-0.2, 0) is 0 Å². The molecule has 3 aromatic heterocycles. The molecule has 0 aliphatic rings. The van der Waals surface area contributed by atoms with Crippen LogP contribution in [-0.4, -0.2) is 19.3 Å². The van der Waals surface area contributed by atoms with E-state index in [1.54, 1.807) is 18.3 Å². The molecule has 3 heterocycles. The van der Waals surface area contributed by atoms with E-state index in [0.29, 0.717) is 11.9 Å². The Morgan fingerprint density at radius 2 is 1.57 bits per heavy atom. The third-order valence-corrected chi connectivity index (χ3v) is 7.36. The van der Waals surface area contributed by atoms with Crippen molar-refractivity contribution in [3.05, 3.63) is 132 Å². The van der Waals surface area contributed by atoms with Gasteiger partial charge >= 0.3 is 0 Å². The minimum Gasteiger partial charge on any atom is -0.457 e. The summed E-state index contributed by atoms with van der Waals surface area (Å²) in [6.07, 6.45) is 1.68. The van der Waals surface area contributed by atoms with Gasteiger partial charge < -0.3 is 4.74 Å². The van der Waals surface area contributed by atoms with E-state index in [0.717, 1.165) is 61.5 Å². The average Bonchev–Trinajstić information content (AvgIpc) is 3.46. The van der Waals surface area contributed by atoms with Gasteiger partial charge in [0.15, 0.2) is 0 Å². The van der Waals surface area contributed by atoms with E-state index >= 15 is 0 Å². The van der Waals surface area contributed by atoms with Crippen LogP contribution in [0.4, 0.5) is 0 Å². The van der Waals surface area contributed by atoms with Crippen molar-refractivity contribution in [1.82, 2.24) is 19.3 Å². The minimum absolute atomic E-state index is 0.418. The van der Waals surface area contributed by atoms with Crippen molar-refractivity contribution in [3.8, 4) is 34.1 Å². The summed E-state index contributed by atoms with van der Waals surface area (Å²) in [6.45, 7) is 6.25. The fraction of sp³-hybridized carbons (Fsp3) is 0.0857. The highest BCUT2D eigenvalue weighted by Crippen LogP contribution is 2.36. The molecule has 0 radical (unpaired) electrons. The molecule has 0 saturated carbocycles. The molecular formula is C35H28N4O. The zero-order valence-electron chi connectivity index (χ0n) is 23.6. The number of benzene rings is 4. The SMILES string of the molecule is [2H]c1ccnc(-n2c3ccc(C)cc3c3ccc(Oc4cccc(-n5nc(C)c(-c6ccccc6)c5C)c4)cc32)c1. The quantitative estimate of drug-likeness (QED) is 0.227. The second-order valence-corrected chi connectivity index (χ2v) is 10.1. The van der Waals surface area contributed by atoms with E-state index in [9.17, 15) is 0 Å². The highest BCUT2D eigenvalue weighted by Gasteiger charge is 2.16. The standard InChI is InChI=1S/C35H28N4O/c1-23-15-18-32-31(20-23)30-17-16-29(22-33(30)38(32)34-14-7-8-19-36-34)40-28-13-9-12-27(21-28)39-25(3)35(24(2)37-39)26-10-5-4-6-11-26/h4-22H,1-3H3/i7D. The van der Waals surface area contributed by atoms with Gasteiger partial charge in [-0.05, 0) is 74.9 Å². The molecule has 194 valence electrons. The van der Waals surface area contributed by atoms with Crippen molar-refractivity contribution in [2.75, 3.05) is 0 Å². The van der Waals surface area contributed by atoms with Crippen LogP contribution >= 0.6 is 0 Å². The molecule has 0 aliphatic heterocycles.